The van der Waals surface area contributed by atoms with Crippen LogP contribution in [0.2, 0.25) is 0 Å². The first kappa shape index (κ1) is 26.1. The van der Waals surface area contributed by atoms with Crippen LogP contribution in [0.25, 0.3) is 11.1 Å². The second-order valence-corrected chi connectivity index (χ2v) is 11.2. The Morgan fingerprint density at radius 1 is 0.477 bits per heavy atom. The summed E-state index contributed by atoms with van der Waals surface area (Å²) in [6.07, 6.45) is 5.59. The minimum atomic E-state index is 0.542. The fourth-order valence-corrected chi connectivity index (χ4v) is 6.29. The van der Waals surface area contributed by atoms with Gasteiger partial charge in [0, 0.05) is 46.5 Å². The molecule has 0 radical (unpaired) electrons. The summed E-state index contributed by atoms with van der Waals surface area (Å²) in [6, 6.07) is 41.5. The van der Waals surface area contributed by atoms with Gasteiger partial charge < -0.3 is 20.1 Å². The summed E-state index contributed by atoms with van der Waals surface area (Å²) in [7, 11) is 0. The van der Waals surface area contributed by atoms with Gasteiger partial charge in [-0.15, -0.1) is 0 Å². The summed E-state index contributed by atoms with van der Waals surface area (Å²) in [5, 5.41) is 7.67. The van der Waals surface area contributed by atoms with Gasteiger partial charge in [0.05, 0.1) is 5.69 Å². The molecule has 5 heteroatoms. The van der Waals surface area contributed by atoms with Gasteiger partial charge in [0.15, 0.2) is 5.75 Å². The number of anilines is 4. The van der Waals surface area contributed by atoms with Gasteiger partial charge in [0.2, 0.25) is 5.88 Å². The summed E-state index contributed by atoms with van der Waals surface area (Å²) in [4.78, 5) is 4.28. The largest absolute Gasteiger partial charge is 0.455 e. The first-order valence-corrected chi connectivity index (χ1v) is 15.1. The second kappa shape index (κ2) is 11.3. The molecule has 2 aliphatic rings. The van der Waals surface area contributed by atoms with E-state index < -0.39 is 0 Å². The van der Waals surface area contributed by atoms with Crippen molar-refractivity contribution in [2.75, 3.05) is 10.6 Å². The molecule has 44 heavy (non-hydrogen) atoms. The van der Waals surface area contributed by atoms with Crippen LogP contribution in [0.3, 0.4) is 0 Å². The first-order chi connectivity index (χ1) is 21.8. The number of pyridine rings is 1. The Labute approximate surface area is 257 Å². The van der Waals surface area contributed by atoms with Crippen LogP contribution >= 0.6 is 0 Å². The fraction of sp³-hybridized carbons (Fsp3) is 0.103. The van der Waals surface area contributed by atoms with E-state index in [1.54, 1.807) is 6.20 Å². The lowest BCUT2D eigenvalue weighted by molar-refractivity contribution is 0.449. The monoisotopic (exact) mass is 573 g/mol. The molecule has 0 amide bonds. The topological polar surface area (TPSA) is 55.4 Å². The summed E-state index contributed by atoms with van der Waals surface area (Å²) in [6.45, 7) is 0. The number of fused-ring (bicyclic) bond motifs is 4. The third kappa shape index (κ3) is 5.03. The average Bonchev–Trinajstić information content (AvgIpc) is 3.38. The predicted octanol–water partition coefficient (Wildman–Crippen LogP) is 10.0. The van der Waals surface area contributed by atoms with E-state index in [-0.39, 0.29) is 0 Å². The Morgan fingerprint density at radius 3 is 1.82 bits per heavy atom. The van der Waals surface area contributed by atoms with Crippen LogP contribution in [-0.4, -0.2) is 4.98 Å². The maximum absolute atomic E-state index is 6.54. The molecule has 0 saturated heterocycles. The van der Waals surface area contributed by atoms with Crippen molar-refractivity contribution >= 4 is 22.7 Å². The zero-order valence-electron chi connectivity index (χ0n) is 24.2. The Balaban J connectivity index is 1.16. The van der Waals surface area contributed by atoms with Gasteiger partial charge in [0.1, 0.15) is 11.5 Å². The number of hydrogen-bond acceptors (Lipinski definition) is 5. The fourth-order valence-electron chi connectivity index (χ4n) is 6.29. The third-order valence-corrected chi connectivity index (χ3v) is 8.45. The Morgan fingerprint density at radius 2 is 1.07 bits per heavy atom. The summed E-state index contributed by atoms with van der Waals surface area (Å²) in [5.41, 5.74) is 12.1. The van der Waals surface area contributed by atoms with E-state index >= 15 is 0 Å². The van der Waals surface area contributed by atoms with Crippen LogP contribution in [0.4, 0.5) is 22.7 Å². The lowest BCUT2D eigenvalue weighted by atomic mass is 9.94. The molecular formula is C39H31N3O2. The predicted molar refractivity (Wildman–Crippen MR) is 177 cm³/mol. The first-order valence-electron chi connectivity index (χ1n) is 15.1. The maximum Gasteiger partial charge on any atom is 0.219 e. The summed E-state index contributed by atoms with van der Waals surface area (Å²) < 4.78 is 12.5. The zero-order chi connectivity index (χ0) is 29.3. The molecule has 0 unspecified atom stereocenters. The number of benzene rings is 5. The Hall–Kier alpha value is -5.55. The lowest BCUT2D eigenvalue weighted by Gasteiger charge is -2.21. The van der Waals surface area contributed by atoms with E-state index in [4.69, 9.17) is 9.47 Å². The van der Waals surface area contributed by atoms with E-state index in [9.17, 15) is 0 Å². The number of ether oxygens (including phenoxy) is 2. The molecule has 214 valence electrons. The van der Waals surface area contributed by atoms with Crippen LogP contribution in [-0.2, 0) is 25.7 Å². The maximum atomic E-state index is 6.54. The number of nitrogens with zero attached hydrogens (tertiary/aromatic N) is 1. The molecule has 5 aromatic carbocycles. The van der Waals surface area contributed by atoms with Gasteiger partial charge in [-0.05, 0) is 78.3 Å². The molecule has 0 spiro atoms. The number of nitrogens with one attached hydrogen (secondary N) is 2. The molecule has 6 aromatic rings. The quantitative estimate of drug-likeness (QED) is 0.215. The van der Waals surface area contributed by atoms with Crippen molar-refractivity contribution < 1.29 is 9.47 Å². The normalized spacial score (nSPS) is 13.0. The van der Waals surface area contributed by atoms with Crippen molar-refractivity contribution in [3.8, 4) is 34.3 Å². The van der Waals surface area contributed by atoms with E-state index in [0.29, 0.717) is 17.4 Å². The highest BCUT2D eigenvalue weighted by atomic mass is 16.5. The molecular weight excluding hydrogens is 542 g/mol. The smallest absolute Gasteiger partial charge is 0.219 e. The van der Waals surface area contributed by atoms with Gasteiger partial charge in [0.25, 0.3) is 0 Å². The van der Waals surface area contributed by atoms with Gasteiger partial charge in [-0.25, -0.2) is 4.98 Å². The van der Waals surface area contributed by atoms with Crippen LogP contribution < -0.4 is 20.1 Å². The highest BCUT2D eigenvalue weighted by Gasteiger charge is 2.23. The molecule has 0 aliphatic carbocycles. The van der Waals surface area contributed by atoms with Gasteiger partial charge >= 0.3 is 0 Å². The standard InChI is InChI=1S/C39H31N3O2/c1-2-17-34-26(9-1)20-21-27-10-5-15-32(37(27)41-34)33-16-6-11-28-22-23-29-12-7-18-35(39(29)42-38(28)33)43-30-13-8-14-31(25-30)44-36-19-3-4-24-40-36/h1-19,24-25,41-42H,20-23H2. The van der Waals surface area contributed by atoms with Gasteiger partial charge in [-0.3, -0.25) is 0 Å². The van der Waals surface area contributed by atoms with Crippen molar-refractivity contribution in [2.45, 2.75) is 25.7 Å². The number of aromatic nitrogens is 1. The van der Waals surface area contributed by atoms with Crippen LogP contribution in [0.5, 0.6) is 23.1 Å². The van der Waals surface area contributed by atoms with Crippen LogP contribution in [0.1, 0.15) is 22.3 Å². The number of rotatable bonds is 5. The molecule has 1 aromatic heterocycles. The molecule has 3 heterocycles. The average molecular weight is 574 g/mol. The van der Waals surface area contributed by atoms with Crippen molar-refractivity contribution in [3.63, 3.8) is 0 Å². The summed E-state index contributed by atoms with van der Waals surface area (Å²) in [5.74, 6) is 2.69. The zero-order valence-corrected chi connectivity index (χ0v) is 24.2. The van der Waals surface area contributed by atoms with Crippen molar-refractivity contribution in [2.24, 2.45) is 0 Å². The molecule has 2 aliphatic heterocycles. The third-order valence-electron chi connectivity index (χ3n) is 8.45. The van der Waals surface area contributed by atoms with E-state index in [1.807, 2.05) is 48.5 Å². The Bertz CT molecular complexity index is 1990. The SMILES string of the molecule is c1ccc(Oc2cccc(Oc3cccc4c3Nc3c(cccc3-c3cccc5c3Nc3ccccc3CC5)CC4)c2)nc1. The number of aryl methyl sites for hydroxylation is 4. The van der Waals surface area contributed by atoms with Crippen LogP contribution in [0, 0.1) is 0 Å². The van der Waals surface area contributed by atoms with Crippen LogP contribution in [0.15, 0.2) is 128 Å². The lowest BCUT2D eigenvalue weighted by Crippen LogP contribution is -2.01. The molecule has 2 N–H and O–H groups in total. The molecule has 8 rings (SSSR count). The minimum absolute atomic E-state index is 0.542. The Kier molecular flexibility index (Phi) is 6.69. The molecule has 0 bridgehead atoms. The molecule has 0 fully saturated rings. The van der Waals surface area contributed by atoms with E-state index in [0.717, 1.165) is 42.8 Å². The number of para-hydroxylation sites is 4. The molecule has 5 nitrogen and oxygen atoms in total. The highest BCUT2D eigenvalue weighted by Crippen LogP contribution is 2.46. The minimum Gasteiger partial charge on any atom is -0.455 e. The van der Waals surface area contributed by atoms with Crippen molar-refractivity contribution in [3.05, 3.63) is 150 Å². The van der Waals surface area contributed by atoms with E-state index in [1.165, 1.54) is 44.8 Å². The van der Waals surface area contributed by atoms with Gasteiger partial charge in [-0.1, -0.05) is 78.9 Å². The van der Waals surface area contributed by atoms with Crippen molar-refractivity contribution in [1.82, 2.24) is 4.98 Å². The molecule has 0 saturated carbocycles. The highest BCUT2D eigenvalue weighted by molar-refractivity contribution is 5.93. The number of hydrogen-bond donors (Lipinski definition) is 2. The summed E-state index contributed by atoms with van der Waals surface area (Å²) >= 11 is 0. The molecule has 0 atom stereocenters. The van der Waals surface area contributed by atoms with E-state index in [2.05, 4.69) is 88.4 Å². The van der Waals surface area contributed by atoms with Gasteiger partial charge in [-0.2, -0.15) is 0 Å². The van der Waals surface area contributed by atoms with Crippen molar-refractivity contribution in [1.29, 1.82) is 0 Å². The second-order valence-electron chi connectivity index (χ2n) is 11.2.